The van der Waals surface area contributed by atoms with E-state index in [-0.39, 0.29) is 12.8 Å². The Labute approximate surface area is 164 Å². The van der Waals surface area contributed by atoms with Gasteiger partial charge in [-0.05, 0) is 12.5 Å². The average molecular weight is 400 g/mol. The van der Waals surface area contributed by atoms with Gasteiger partial charge in [-0.2, -0.15) is 5.10 Å². The van der Waals surface area contributed by atoms with Gasteiger partial charge >= 0.3 is 0 Å². The van der Waals surface area contributed by atoms with Crippen molar-refractivity contribution in [3.63, 3.8) is 0 Å². The Morgan fingerprint density at radius 3 is 2.76 bits per heavy atom. The van der Waals surface area contributed by atoms with Gasteiger partial charge in [0.05, 0.1) is 18.6 Å². The van der Waals surface area contributed by atoms with Crippen molar-refractivity contribution in [2.45, 2.75) is 24.8 Å². The van der Waals surface area contributed by atoms with E-state index in [9.17, 15) is 13.2 Å². The van der Waals surface area contributed by atoms with Gasteiger partial charge in [-0.15, -0.1) is 0 Å². The molecule has 4 aromatic heterocycles. The molecular formula is C20H19F3N6. The normalized spacial score (nSPS) is 19.0. The van der Waals surface area contributed by atoms with Crippen LogP contribution >= 0.6 is 0 Å². The lowest BCUT2D eigenvalue weighted by Crippen LogP contribution is -2.14. The van der Waals surface area contributed by atoms with E-state index in [1.807, 2.05) is 29.8 Å². The fraction of sp³-hybridized carbons (Fsp3) is 0.350. The van der Waals surface area contributed by atoms with Gasteiger partial charge in [-0.25, -0.2) is 18.7 Å². The molecule has 150 valence electrons. The van der Waals surface area contributed by atoms with Crippen LogP contribution in [-0.2, 0) is 7.05 Å². The first kappa shape index (κ1) is 18.0. The van der Waals surface area contributed by atoms with E-state index in [1.54, 1.807) is 40.2 Å². The number of hydrogen-bond donors (Lipinski definition) is 0. The van der Waals surface area contributed by atoms with Crippen LogP contribution in [0.2, 0.25) is 0 Å². The zero-order valence-electron chi connectivity index (χ0n) is 15.7. The van der Waals surface area contributed by atoms with Crippen molar-refractivity contribution in [3.8, 4) is 22.6 Å². The molecule has 0 unspecified atom stereocenters. The molecule has 1 fully saturated rings. The van der Waals surface area contributed by atoms with E-state index in [0.29, 0.717) is 11.5 Å². The molecule has 6 nitrogen and oxygen atoms in total. The quantitative estimate of drug-likeness (QED) is 0.489. The van der Waals surface area contributed by atoms with Gasteiger partial charge in [0, 0.05) is 73.6 Å². The predicted molar refractivity (Wildman–Crippen MR) is 101 cm³/mol. The van der Waals surface area contributed by atoms with E-state index in [4.69, 9.17) is 4.98 Å². The summed E-state index contributed by atoms with van der Waals surface area (Å²) in [5.74, 6) is -2.89. The smallest absolute Gasteiger partial charge is 0.253 e. The van der Waals surface area contributed by atoms with E-state index >= 15 is 0 Å². The summed E-state index contributed by atoms with van der Waals surface area (Å²) in [7, 11) is 1.83. The van der Waals surface area contributed by atoms with Gasteiger partial charge in [0.15, 0.2) is 0 Å². The Balaban J connectivity index is 1.57. The zero-order chi connectivity index (χ0) is 20.2. The van der Waals surface area contributed by atoms with Gasteiger partial charge in [-0.3, -0.25) is 13.5 Å². The Morgan fingerprint density at radius 2 is 2.07 bits per heavy atom. The third kappa shape index (κ3) is 3.10. The van der Waals surface area contributed by atoms with Crippen LogP contribution < -0.4 is 0 Å². The molecule has 0 aromatic carbocycles. The fourth-order valence-electron chi connectivity index (χ4n) is 3.90. The van der Waals surface area contributed by atoms with Crippen LogP contribution in [0.15, 0.2) is 49.3 Å². The molecule has 0 amide bonds. The van der Waals surface area contributed by atoms with E-state index in [2.05, 4.69) is 10.1 Å². The van der Waals surface area contributed by atoms with E-state index in [1.165, 1.54) is 0 Å². The minimum absolute atomic E-state index is 0.0675. The predicted octanol–water partition coefficient (Wildman–Crippen LogP) is 4.15. The van der Waals surface area contributed by atoms with Gasteiger partial charge in [0.2, 0.25) is 0 Å². The van der Waals surface area contributed by atoms with E-state index < -0.39 is 24.6 Å². The van der Waals surface area contributed by atoms with Crippen LogP contribution in [0.25, 0.3) is 28.3 Å². The summed E-state index contributed by atoms with van der Waals surface area (Å²) >= 11 is 0. The third-order valence-corrected chi connectivity index (χ3v) is 5.49. The number of alkyl halides is 3. The number of nitrogens with zero attached hydrogens (tertiary/aromatic N) is 6. The molecule has 4 heterocycles. The monoisotopic (exact) mass is 400 g/mol. The number of rotatable bonds is 6. The molecule has 0 radical (unpaired) electrons. The lowest BCUT2D eigenvalue weighted by Gasteiger charge is -2.17. The van der Waals surface area contributed by atoms with Crippen molar-refractivity contribution in [1.82, 2.24) is 28.7 Å². The summed E-state index contributed by atoms with van der Waals surface area (Å²) in [6, 6.07) is 3.12. The number of fused-ring (bicyclic) bond motifs is 1. The van der Waals surface area contributed by atoms with Gasteiger partial charge in [0.25, 0.3) is 5.92 Å². The van der Waals surface area contributed by atoms with Gasteiger partial charge in [0.1, 0.15) is 11.5 Å². The van der Waals surface area contributed by atoms with Crippen LogP contribution in [-0.4, -0.2) is 41.3 Å². The molecule has 0 N–H and O–H groups in total. The number of imidazole rings is 1. The van der Waals surface area contributed by atoms with E-state index in [0.717, 1.165) is 16.8 Å². The topological polar surface area (TPSA) is 52.9 Å². The van der Waals surface area contributed by atoms with Crippen LogP contribution in [0.1, 0.15) is 18.9 Å². The van der Waals surface area contributed by atoms with Crippen molar-refractivity contribution < 1.29 is 13.2 Å². The highest BCUT2D eigenvalue weighted by atomic mass is 19.3. The maximum absolute atomic E-state index is 13.6. The maximum atomic E-state index is 13.6. The summed E-state index contributed by atoms with van der Waals surface area (Å²) in [5.41, 5.74) is 3.04. The lowest BCUT2D eigenvalue weighted by atomic mass is 10.1. The summed E-state index contributed by atoms with van der Waals surface area (Å²) in [4.78, 5) is 9.14. The summed E-state index contributed by atoms with van der Waals surface area (Å²) < 4.78 is 45.5. The standard InChI is InChI=1S/C20H19F3N6/c1-27-11-14(10-25-27)16-8-18-24-5-7-29(18)19(26-16)13-3-6-28(12-13)17(2-4-21)15-9-20(15,22)23/h3,5-8,10-12,15,17H,2,4,9H2,1H3/t15-,17-/m1/s1. The first-order valence-electron chi connectivity index (χ1n) is 9.41. The van der Waals surface area contributed by atoms with Crippen molar-refractivity contribution >= 4 is 5.65 Å². The largest absolute Gasteiger partial charge is 0.350 e. The number of aryl methyl sites for hydroxylation is 1. The molecule has 0 spiro atoms. The Hall–Kier alpha value is -3.10. The Morgan fingerprint density at radius 1 is 1.24 bits per heavy atom. The molecule has 4 aromatic rings. The average Bonchev–Trinajstić information content (AvgIpc) is 3.21. The molecule has 5 rings (SSSR count). The van der Waals surface area contributed by atoms with Crippen molar-refractivity contribution in [2.75, 3.05) is 6.67 Å². The van der Waals surface area contributed by atoms with Gasteiger partial charge in [-0.1, -0.05) is 0 Å². The van der Waals surface area contributed by atoms with Gasteiger partial charge < -0.3 is 4.57 Å². The molecule has 29 heavy (non-hydrogen) atoms. The van der Waals surface area contributed by atoms with Crippen LogP contribution in [0.4, 0.5) is 13.2 Å². The highest BCUT2D eigenvalue weighted by Crippen LogP contribution is 2.55. The van der Waals surface area contributed by atoms with Crippen LogP contribution in [0, 0.1) is 5.92 Å². The van der Waals surface area contributed by atoms with Crippen LogP contribution in [0.3, 0.4) is 0 Å². The second-order valence-corrected chi connectivity index (χ2v) is 7.49. The minimum Gasteiger partial charge on any atom is -0.350 e. The highest BCUT2D eigenvalue weighted by molar-refractivity contribution is 5.68. The highest BCUT2D eigenvalue weighted by Gasteiger charge is 2.60. The molecule has 1 aliphatic carbocycles. The first-order valence-corrected chi connectivity index (χ1v) is 9.41. The molecule has 0 saturated heterocycles. The van der Waals surface area contributed by atoms with Crippen molar-refractivity contribution in [3.05, 3.63) is 49.3 Å². The Bertz CT molecular complexity index is 1170. The minimum atomic E-state index is -2.71. The molecule has 0 bridgehead atoms. The molecule has 2 atom stereocenters. The second-order valence-electron chi connectivity index (χ2n) is 7.49. The molecular weight excluding hydrogens is 381 g/mol. The summed E-state index contributed by atoms with van der Waals surface area (Å²) in [6.07, 6.45) is 10.4. The maximum Gasteiger partial charge on any atom is 0.253 e. The third-order valence-electron chi connectivity index (χ3n) is 5.49. The second kappa shape index (κ2) is 6.47. The zero-order valence-corrected chi connectivity index (χ0v) is 15.7. The molecule has 1 saturated carbocycles. The lowest BCUT2D eigenvalue weighted by molar-refractivity contribution is 0.0836. The van der Waals surface area contributed by atoms with Crippen molar-refractivity contribution in [1.29, 1.82) is 0 Å². The first-order chi connectivity index (χ1) is 14.0. The van der Waals surface area contributed by atoms with Crippen LogP contribution in [0.5, 0.6) is 0 Å². The number of hydrogen-bond acceptors (Lipinski definition) is 3. The fourth-order valence-corrected chi connectivity index (χ4v) is 3.90. The molecule has 1 aliphatic rings. The number of aromatic nitrogens is 6. The Kier molecular flexibility index (Phi) is 4.01. The van der Waals surface area contributed by atoms with Crippen molar-refractivity contribution in [2.24, 2.45) is 13.0 Å². The summed E-state index contributed by atoms with van der Waals surface area (Å²) in [5, 5.41) is 4.19. The molecule has 0 aliphatic heterocycles. The SMILES string of the molecule is Cn1cc(-c2cc3nccn3c(-c3ccn([C@H](CCF)[C@H]4CC4(F)F)c3)n2)cn1. The summed E-state index contributed by atoms with van der Waals surface area (Å²) in [6.45, 7) is -0.634. The molecule has 9 heteroatoms. The number of halogens is 3.